The molecule has 0 aromatic rings. The Hall–Kier alpha value is -0.920. The van der Waals surface area contributed by atoms with Crippen LogP contribution in [0.5, 0.6) is 0 Å². The molecule has 0 aromatic heterocycles. The molecule has 120 valence electrons. The van der Waals surface area contributed by atoms with Gasteiger partial charge in [0.1, 0.15) is 6.04 Å². The van der Waals surface area contributed by atoms with Gasteiger partial charge in [-0.3, -0.25) is 4.79 Å². The summed E-state index contributed by atoms with van der Waals surface area (Å²) in [5.41, 5.74) is 0. The van der Waals surface area contributed by atoms with Crippen molar-refractivity contribution in [3.63, 3.8) is 0 Å². The van der Waals surface area contributed by atoms with Crippen LogP contribution < -0.4 is 0 Å². The topological polar surface area (TPSA) is 57.6 Å². The van der Waals surface area contributed by atoms with E-state index in [2.05, 4.69) is 0 Å². The normalized spacial score (nSPS) is 31.0. The third-order valence-electron chi connectivity index (χ3n) is 4.20. The summed E-state index contributed by atoms with van der Waals surface area (Å²) in [5, 5.41) is 9.15. The van der Waals surface area contributed by atoms with Gasteiger partial charge in [-0.15, -0.1) is 0 Å². The van der Waals surface area contributed by atoms with E-state index in [4.69, 9.17) is 5.11 Å². The van der Waals surface area contributed by atoms with Crippen molar-refractivity contribution in [3.05, 3.63) is 0 Å². The standard InChI is InChI=1S/C13H18F3NO3S/c14-13(15,16)9-4-2-1-3-8(9)11(18)17-5-6-21-7-10(17)12(19)20/h8-10H,1-7H2,(H,19,20). The number of carbonyl (C=O) groups excluding carboxylic acids is 1. The summed E-state index contributed by atoms with van der Waals surface area (Å²) in [6.07, 6.45) is -3.20. The fraction of sp³-hybridized carbons (Fsp3) is 0.846. The van der Waals surface area contributed by atoms with Gasteiger partial charge in [0.25, 0.3) is 0 Å². The van der Waals surface area contributed by atoms with E-state index in [0.29, 0.717) is 18.6 Å². The van der Waals surface area contributed by atoms with Crippen LogP contribution in [0.1, 0.15) is 25.7 Å². The molecule has 1 saturated carbocycles. The summed E-state index contributed by atoms with van der Waals surface area (Å²) in [7, 11) is 0. The number of carbonyl (C=O) groups is 2. The van der Waals surface area contributed by atoms with Gasteiger partial charge in [0.2, 0.25) is 5.91 Å². The number of carboxylic acids is 1. The van der Waals surface area contributed by atoms with Gasteiger partial charge in [-0.2, -0.15) is 24.9 Å². The predicted octanol–water partition coefficient (Wildman–Crippen LogP) is 2.38. The van der Waals surface area contributed by atoms with Crippen LogP contribution in [0.3, 0.4) is 0 Å². The smallest absolute Gasteiger partial charge is 0.392 e. The van der Waals surface area contributed by atoms with Gasteiger partial charge in [-0.25, -0.2) is 4.79 Å². The molecule has 2 rings (SSSR count). The number of rotatable bonds is 2. The van der Waals surface area contributed by atoms with Crippen LogP contribution >= 0.6 is 11.8 Å². The second-order valence-corrected chi connectivity index (χ2v) is 6.65. The Morgan fingerprint density at radius 1 is 1.19 bits per heavy atom. The van der Waals surface area contributed by atoms with Crippen molar-refractivity contribution in [1.29, 1.82) is 0 Å². The first-order chi connectivity index (χ1) is 9.82. The summed E-state index contributed by atoms with van der Waals surface area (Å²) in [6.45, 7) is 0.210. The fourth-order valence-electron chi connectivity index (χ4n) is 3.10. The van der Waals surface area contributed by atoms with Gasteiger partial charge in [0.15, 0.2) is 0 Å². The quantitative estimate of drug-likeness (QED) is 0.847. The monoisotopic (exact) mass is 325 g/mol. The highest BCUT2D eigenvalue weighted by atomic mass is 32.2. The minimum absolute atomic E-state index is 0.0414. The zero-order chi connectivity index (χ0) is 15.6. The van der Waals surface area contributed by atoms with Crippen LogP contribution in [-0.4, -0.2) is 52.2 Å². The average molecular weight is 325 g/mol. The van der Waals surface area contributed by atoms with E-state index in [9.17, 15) is 22.8 Å². The Kier molecular flexibility index (Phi) is 5.06. The van der Waals surface area contributed by atoms with Gasteiger partial charge in [0, 0.05) is 24.0 Å². The summed E-state index contributed by atoms with van der Waals surface area (Å²) in [6, 6.07) is -1.01. The molecule has 1 aliphatic heterocycles. The van der Waals surface area contributed by atoms with Crippen molar-refractivity contribution in [1.82, 2.24) is 4.90 Å². The van der Waals surface area contributed by atoms with Gasteiger partial charge in [-0.05, 0) is 12.8 Å². The minimum atomic E-state index is -4.40. The van der Waals surface area contributed by atoms with Crippen molar-refractivity contribution >= 4 is 23.6 Å². The predicted molar refractivity (Wildman–Crippen MR) is 72.0 cm³/mol. The van der Waals surface area contributed by atoms with Crippen molar-refractivity contribution in [3.8, 4) is 0 Å². The zero-order valence-electron chi connectivity index (χ0n) is 11.4. The van der Waals surface area contributed by atoms with Crippen LogP contribution in [0.2, 0.25) is 0 Å². The van der Waals surface area contributed by atoms with Crippen molar-refractivity contribution in [2.75, 3.05) is 18.1 Å². The lowest BCUT2D eigenvalue weighted by atomic mass is 9.77. The third kappa shape index (κ3) is 3.64. The summed E-state index contributed by atoms with van der Waals surface area (Å²) >= 11 is 1.41. The molecule has 21 heavy (non-hydrogen) atoms. The first-order valence-electron chi connectivity index (χ1n) is 7.00. The number of alkyl halides is 3. The summed E-state index contributed by atoms with van der Waals surface area (Å²) in [5.74, 6) is -3.73. The molecule has 1 saturated heterocycles. The van der Waals surface area contributed by atoms with Gasteiger partial charge in [-0.1, -0.05) is 12.8 Å². The van der Waals surface area contributed by atoms with Crippen LogP contribution in [0.25, 0.3) is 0 Å². The molecule has 1 aliphatic carbocycles. The summed E-state index contributed by atoms with van der Waals surface area (Å²) < 4.78 is 39.3. The van der Waals surface area contributed by atoms with Gasteiger partial charge < -0.3 is 10.0 Å². The molecular formula is C13H18F3NO3S. The second-order valence-electron chi connectivity index (χ2n) is 5.50. The van der Waals surface area contributed by atoms with Gasteiger partial charge in [0.05, 0.1) is 5.92 Å². The molecule has 4 nitrogen and oxygen atoms in total. The number of hydrogen-bond acceptors (Lipinski definition) is 3. The highest BCUT2D eigenvalue weighted by Crippen LogP contribution is 2.42. The van der Waals surface area contributed by atoms with E-state index in [-0.39, 0.29) is 25.1 Å². The number of carboxylic acid groups (broad SMARTS) is 1. The number of aliphatic carboxylic acids is 1. The van der Waals surface area contributed by atoms with Crippen LogP contribution in [0.15, 0.2) is 0 Å². The van der Waals surface area contributed by atoms with E-state index in [1.165, 1.54) is 11.8 Å². The molecule has 0 radical (unpaired) electrons. The van der Waals surface area contributed by atoms with Crippen molar-refractivity contribution < 1.29 is 27.9 Å². The molecule has 1 heterocycles. The lowest BCUT2D eigenvalue weighted by Crippen LogP contribution is -2.54. The molecule has 0 aromatic carbocycles. The Morgan fingerprint density at radius 3 is 2.48 bits per heavy atom. The third-order valence-corrected chi connectivity index (χ3v) is 5.22. The molecule has 3 atom stereocenters. The average Bonchev–Trinajstić information content (AvgIpc) is 2.45. The molecule has 3 unspecified atom stereocenters. The molecular weight excluding hydrogens is 307 g/mol. The van der Waals surface area contributed by atoms with E-state index in [1.807, 2.05) is 0 Å². The second kappa shape index (κ2) is 6.46. The molecule has 0 spiro atoms. The molecule has 1 amide bonds. The van der Waals surface area contributed by atoms with Crippen LogP contribution in [0.4, 0.5) is 13.2 Å². The molecule has 1 N–H and O–H groups in total. The first-order valence-corrected chi connectivity index (χ1v) is 8.15. The highest BCUT2D eigenvalue weighted by molar-refractivity contribution is 7.99. The van der Waals surface area contributed by atoms with Gasteiger partial charge >= 0.3 is 12.1 Å². The Balaban J connectivity index is 2.17. The number of hydrogen-bond donors (Lipinski definition) is 1. The Morgan fingerprint density at radius 2 is 1.86 bits per heavy atom. The largest absolute Gasteiger partial charge is 0.480 e. The van der Waals surface area contributed by atoms with Crippen molar-refractivity contribution in [2.45, 2.75) is 37.9 Å². The number of halogens is 3. The lowest BCUT2D eigenvalue weighted by molar-refractivity contribution is -0.201. The molecule has 2 fully saturated rings. The Bertz CT molecular complexity index is 416. The highest BCUT2D eigenvalue weighted by Gasteiger charge is 2.50. The van der Waals surface area contributed by atoms with E-state index < -0.39 is 35.9 Å². The van der Waals surface area contributed by atoms with Crippen LogP contribution in [-0.2, 0) is 9.59 Å². The van der Waals surface area contributed by atoms with E-state index >= 15 is 0 Å². The fourth-order valence-corrected chi connectivity index (χ4v) is 4.14. The van der Waals surface area contributed by atoms with E-state index in [0.717, 1.165) is 4.90 Å². The SMILES string of the molecule is O=C(O)C1CSCCN1C(=O)C1CCCCC1C(F)(F)F. The van der Waals surface area contributed by atoms with E-state index in [1.54, 1.807) is 0 Å². The van der Waals surface area contributed by atoms with Crippen LogP contribution in [0, 0.1) is 11.8 Å². The maximum atomic E-state index is 13.1. The maximum absolute atomic E-state index is 13.1. The zero-order valence-corrected chi connectivity index (χ0v) is 12.3. The molecule has 2 aliphatic rings. The number of amides is 1. The molecule has 8 heteroatoms. The summed E-state index contributed by atoms with van der Waals surface area (Å²) in [4.78, 5) is 24.8. The number of nitrogens with zero attached hydrogens (tertiary/aromatic N) is 1. The lowest BCUT2D eigenvalue weighted by Gasteiger charge is -2.39. The maximum Gasteiger partial charge on any atom is 0.392 e. The minimum Gasteiger partial charge on any atom is -0.480 e. The first kappa shape index (κ1) is 16.5. The van der Waals surface area contributed by atoms with Crippen molar-refractivity contribution in [2.24, 2.45) is 11.8 Å². The molecule has 0 bridgehead atoms. The number of thioether (sulfide) groups is 1. The Labute approximate surface area is 125 Å².